The lowest BCUT2D eigenvalue weighted by atomic mass is 10.0. The van der Waals surface area contributed by atoms with E-state index >= 15 is 0 Å². The van der Waals surface area contributed by atoms with Crippen molar-refractivity contribution < 1.29 is 19.1 Å². The summed E-state index contributed by atoms with van der Waals surface area (Å²) < 4.78 is 10.5. The third-order valence-electron chi connectivity index (χ3n) is 5.10. The number of rotatable bonds is 9. The number of benzene rings is 2. The van der Waals surface area contributed by atoms with Crippen molar-refractivity contribution in [1.29, 1.82) is 0 Å². The van der Waals surface area contributed by atoms with Gasteiger partial charge in [-0.05, 0) is 42.5 Å². The fourth-order valence-corrected chi connectivity index (χ4v) is 3.13. The van der Waals surface area contributed by atoms with Gasteiger partial charge in [0, 0.05) is 11.6 Å². The highest BCUT2D eigenvalue weighted by Crippen LogP contribution is 2.23. The number of aryl methyl sites for hydroxylation is 1. The topological polar surface area (TPSA) is 76.7 Å². The van der Waals surface area contributed by atoms with Crippen LogP contribution < -0.4 is 20.1 Å². The van der Waals surface area contributed by atoms with E-state index in [9.17, 15) is 9.59 Å². The van der Waals surface area contributed by atoms with Gasteiger partial charge in [0.2, 0.25) is 5.91 Å². The van der Waals surface area contributed by atoms with E-state index in [1.165, 1.54) is 19.8 Å². The zero-order chi connectivity index (χ0) is 22.3. The number of ether oxygens (including phenoxy) is 2. The normalized spacial score (nSPS) is 12.8. The van der Waals surface area contributed by atoms with E-state index in [2.05, 4.69) is 29.7 Å². The van der Waals surface area contributed by atoms with Gasteiger partial charge in [0.05, 0.1) is 20.3 Å². The van der Waals surface area contributed by atoms with Crippen LogP contribution in [-0.4, -0.2) is 32.1 Å². The standard InChI is InChI=1S/C24H32N2O4/c1-7-17-8-10-18(11-9-17)16(4)25-24(28)22(15(2)3)26-23(27)19-12-20(29-5)14-21(13-19)30-6/h8-16,22H,7H2,1-6H3,(H,25,28)(H,26,27). The summed E-state index contributed by atoms with van der Waals surface area (Å²) in [4.78, 5) is 25.8. The van der Waals surface area contributed by atoms with Crippen LogP contribution in [0.2, 0.25) is 0 Å². The number of carbonyl (C=O) groups is 2. The highest BCUT2D eigenvalue weighted by atomic mass is 16.5. The Bertz CT molecular complexity index is 840. The summed E-state index contributed by atoms with van der Waals surface area (Å²) in [5.41, 5.74) is 2.64. The summed E-state index contributed by atoms with van der Waals surface area (Å²) in [6, 6.07) is 12.3. The Morgan fingerprint density at radius 2 is 1.47 bits per heavy atom. The molecule has 2 aromatic rings. The van der Waals surface area contributed by atoms with Gasteiger partial charge in [-0.25, -0.2) is 0 Å². The Kier molecular flexibility index (Phi) is 8.27. The largest absolute Gasteiger partial charge is 0.497 e. The lowest BCUT2D eigenvalue weighted by molar-refractivity contribution is -0.124. The molecule has 0 radical (unpaired) electrons. The van der Waals surface area contributed by atoms with Crippen LogP contribution in [0.5, 0.6) is 11.5 Å². The second kappa shape index (κ2) is 10.7. The first-order valence-corrected chi connectivity index (χ1v) is 10.2. The first kappa shape index (κ1) is 23.3. The molecule has 0 aliphatic carbocycles. The van der Waals surface area contributed by atoms with Gasteiger partial charge in [-0.15, -0.1) is 0 Å². The lowest BCUT2D eigenvalue weighted by Crippen LogP contribution is -2.50. The number of amides is 2. The smallest absolute Gasteiger partial charge is 0.252 e. The predicted molar refractivity (Wildman–Crippen MR) is 118 cm³/mol. The van der Waals surface area contributed by atoms with Crippen molar-refractivity contribution in [2.45, 2.75) is 46.2 Å². The molecule has 2 rings (SSSR count). The number of nitrogens with one attached hydrogen (secondary N) is 2. The van der Waals surface area contributed by atoms with E-state index in [1.54, 1.807) is 18.2 Å². The summed E-state index contributed by atoms with van der Waals surface area (Å²) >= 11 is 0. The van der Waals surface area contributed by atoms with Crippen molar-refractivity contribution in [3.05, 3.63) is 59.2 Å². The van der Waals surface area contributed by atoms with Crippen LogP contribution in [0.25, 0.3) is 0 Å². The van der Waals surface area contributed by atoms with Crippen molar-refractivity contribution >= 4 is 11.8 Å². The Labute approximate surface area is 179 Å². The molecule has 0 fully saturated rings. The molecule has 6 heteroatoms. The fraction of sp³-hybridized carbons (Fsp3) is 0.417. The molecule has 2 unspecified atom stereocenters. The molecule has 0 aliphatic rings. The lowest BCUT2D eigenvalue weighted by Gasteiger charge is -2.24. The molecule has 2 N–H and O–H groups in total. The Morgan fingerprint density at radius 3 is 1.93 bits per heavy atom. The maximum atomic E-state index is 12.9. The van der Waals surface area contributed by atoms with Crippen LogP contribution in [0, 0.1) is 5.92 Å². The second-order valence-corrected chi connectivity index (χ2v) is 7.62. The quantitative estimate of drug-likeness (QED) is 0.655. The van der Waals surface area contributed by atoms with E-state index in [0.29, 0.717) is 17.1 Å². The molecule has 6 nitrogen and oxygen atoms in total. The maximum absolute atomic E-state index is 12.9. The van der Waals surface area contributed by atoms with Crippen LogP contribution in [0.3, 0.4) is 0 Å². The Morgan fingerprint density at radius 1 is 0.900 bits per heavy atom. The number of methoxy groups -OCH3 is 2. The molecule has 2 aromatic carbocycles. The molecular formula is C24H32N2O4. The first-order valence-electron chi connectivity index (χ1n) is 10.2. The van der Waals surface area contributed by atoms with Crippen LogP contribution >= 0.6 is 0 Å². The average Bonchev–Trinajstić information content (AvgIpc) is 2.76. The third kappa shape index (κ3) is 5.99. The van der Waals surface area contributed by atoms with E-state index in [-0.39, 0.29) is 23.8 Å². The van der Waals surface area contributed by atoms with E-state index < -0.39 is 6.04 Å². The van der Waals surface area contributed by atoms with Gasteiger partial charge in [0.25, 0.3) is 5.91 Å². The summed E-state index contributed by atoms with van der Waals surface area (Å²) in [6.45, 7) is 7.84. The second-order valence-electron chi connectivity index (χ2n) is 7.62. The highest BCUT2D eigenvalue weighted by molar-refractivity contribution is 5.98. The maximum Gasteiger partial charge on any atom is 0.252 e. The van der Waals surface area contributed by atoms with Gasteiger partial charge in [0.15, 0.2) is 0 Å². The van der Waals surface area contributed by atoms with Crippen molar-refractivity contribution in [2.75, 3.05) is 14.2 Å². The van der Waals surface area contributed by atoms with Crippen molar-refractivity contribution in [1.82, 2.24) is 10.6 Å². The first-order chi connectivity index (χ1) is 14.3. The van der Waals surface area contributed by atoms with Gasteiger partial charge < -0.3 is 20.1 Å². The summed E-state index contributed by atoms with van der Waals surface area (Å²) in [5.74, 6) is 0.348. The van der Waals surface area contributed by atoms with Crippen LogP contribution in [-0.2, 0) is 11.2 Å². The van der Waals surface area contributed by atoms with Crippen LogP contribution in [0.4, 0.5) is 0 Å². The van der Waals surface area contributed by atoms with Crippen LogP contribution in [0.15, 0.2) is 42.5 Å². The van der Waals surface area contributed by atoms with Crippen molar-refractivity contribution in [3.8, 4) is 11.5 Å². The highest BCUT2D eigenvalue weighted by Gasteiger charge is 2.26. The summed E-state index contributed by atoms with van der Waals surface area (Å²) in [5, 5.41) is 5.86. The molecule has 30 heavy (non-hydrogen) atoms. The van der Waals surface area contributed by atoms with Gasteiger partial charge >= 0.3 is 0 Å². The van der Waals surface area contributed by atoms with Gasteiger partial charge in [-0.1, -0.05) is 45.0 Å². The van der Waals surface area contributed by atoms with Gasteiger partial charge in [0.1, 0.15) is 17.5 Å². The third-order valence-corrected chi connectivity index (χ3v) is 5.10. The van der Waals surface area contributed by atoms with E-state index in [1.807, 2.05) is 32.9 Å². The number of hydrogen-bond acceptors (Lipinski definition) is 4. The summed E-state index contributed by atoms with van der Waals surface area (Å²) in [7, 11) is 3.05. The Hall–Kier alpha value is -3.02. The molecule has 0 heterocycles. The molecule has 2 amide bonds. The van der Waals surface area contributed by atoms with E-state index in [4.69, 9.17) is 9.47 Å². The number of hydrogen-bond donors (Lipinski definition) is 2. The van der Waals surface area contributed by atoms with Gasteiger partial charge in [-0.3, -0.25) is 9.59 Å². The monoisotopic (exact) mass is 412 g/mol. The average molecular weight is 413 g/mol. The van der Waals surface area contributed by atoms with Crippen molar-refractivity contribution in [3.63, 3.8) is 0 Å². The molecule has 0 aromatic heterocycles. The van der Waals surface area contributed by atoms with Crippen molar-refractivity contribution in [2.24, 2.45) is 5.92 Å². The SMILES string of the molecule is CCc1ccc(C(C)NC(=O)C(NC(=O)c2cc(OC)cc(OC)c2)C(C)C)cc1. The zero-order valence-electron chi connectivity index (χ0n) is 18.6. The molecular weight excluding hydrogens is 380 g/mol. The minimum Gasteiger partial charge on any atom is -0.497 e. The fourth-order valence-electron chi connectivity index (χ4n) is 3.13. The van der Waals surface area contributed by atoms with Gasteiger partial charge in [-0.2, -0.15) is 0 Å². The molecule has 0 saturated heterocycles. The minimum absolute atomic E-state index is 0.0869. The molecule has 0 bridgehead atoms. The van der Waals surface area contributed by atoms with Crippen LogP contribution in [0.1, 0.15) is 55.2 Å². The number of carbonyl (C=O) groups excluding carboxylic acids is 2. The molecule has 0 aliphatic heterocycles. The molecule has 0 saturated carbocycles. The molecule has 0 spiro atoms. The summed E-state index contributed by atoms with van der Waals surface area (Å²) in [6.07, 6.45) is 0.970. The minimum atomic E-state index is -0.674. The Balaban J connectivity index is 2.12. The molecule has 162 valence electrons. The van der Waals surface area contributed by atoms with E-state index in [0.717, 1.165) is 12.0 Å². The predicted octanol–water partition coefficient (Wildman–Crippen LogP) is 3.90. The zero-order valence-corrected chi connectivity index (χ0v) is 18.6. The molecule has 2 atom stereocenters.